The lowest BCUT2D eigenvalue weighted by Crippen LogP contribution is -2.12. The molecule has 22 heavy (non-hydrogen) atoms. The Labute approximate surface area is 131 Å². The molecule has 2 aromatic rings. The zero-order valence-electron chi connectivity index (χ0n) is 11.6. The van der Waals surface area contributed by atoms with Crippen LogP contribution in [0.3, 0.4) is 0 Å². The molecule has 0 fully saturated rings. The number of rotatable bonds is 4. The van der Waals surface area contributed by atoms with Gasteiger partial charge in [-0.1, -0.05) is 23.7 Å². The smallest absolute Gasteiger partial charge is 0.288 e. The predicted octanol–water partition coefficient (Wildman–Crippen LogP) is 3.55. The minimum absolute atomic E-state index is 0.0300. The van der Waals surface area contributed by atoms with Crippen molar-refractivity contribution in [3.63, 3.8) is 0 Å². The van der Waals surface area contributed by atoms with Crippen molar-refractivity contribution in [1.82, 2.24) is 0 Å². The predicted molar refractivity (Wildman–Crippen MR) is 83.1 cm³/mol. The van der Waals surface area contributed by atoms with Crippen molar-refractivity contribution in [2.24, 2.45) is 0 Å². The average Bonchev–Trinajstić information content (AvgIpc) is 2.47. The molecular weight excluding hydrogens is 308 g/mol. The Kier molecular flexibility index (Phi) is 4.75. The summed E-state index contributed by atoms with van der Waals surface area (Å²) in [6.07, 6.45) is -0.659. The summed E-state index contributed by atoms with van der Waals surface area (Å²) in [5.74, 6) is -0.498. The summed E-state index contributed by atoms with van der Waals surface area (Å²) in [5, 5.41) is 23.0. The van der Waals surface area contributed by atoms with Gasteiger partial charge in [-0.25, -0.2) is 0 Å². The van der Waals surface area contributed by atoms with Gasteiger partial charge in [0.2, 0.25) is 0 Å². The Hall–Kier alpha value is -2.44. The van der Waals surface area contributed by atoms with Gasteiger partial charge in [0.1, 0.15) is 5.02 Å². The van der Waals surface area contributed by atoms with Crippen LogP contribution in [0, 0.1) is 10.1 Å². The highest BCUT2D eigenvalue weighted by Crippen LogP contribution is 2.25. The van der Waals surface area contributed by atoms with Crippen LogP contribution in [0.4, 0.5) is 11.4 Å². The summed E-state index contributed by atoms with van der Waals surface area (Å²) in [4.78, 5) is 22.3. The lowest BCUT2D eigenvalue weighted by molar-refractivity contribution is -0.384. The summed E-state index contributed by atoms with van der Waals surface area (Å²) in [7, 11) is 0. The molecule has 7 heteroatoms. The van der Waals surface area contributed by atoms with Crippen LogP contribution in [0.2, 0.25) is 5.02 Å². The molecule has 0 radical (unpaired) electrons. The number of amides is 1. The Balaban J connectivity index is 2.24. The van der Waals surface area contributed by atoms with E-state index in [1.807, 2.05) is 0 Å². The second kappa shape index (κ2) is 6.55. The van der Waals surface area contributed by atoms with E-state index >= 15 is 0 Å². The Morgan fingerprint density at radius 3 is 2.68 bits per heavy atom. The molecule has 0 aliphatic rings. The van der Waals surface area contributed by atoms with Gasteiger partial charge in [-0.3, -0.25) is 14.9 Å². The third-order valence-corrected chi connectivity index (χ3v) is 3.35. The number of aliphatic hydroxyl groups excluding tert-OH is 1. The van der Waals surface area contributed by atoms with Gasteiger partial charge in [-0.2, -0.15) is 0 Å². The molecule has 0 aliphatic carbocycles. The van der Waals surface area contributed by atoms with Crippen LogP contribution in [-0.2, 0) is 0 Å². The molecular formula is C15H13ClN2O4. The summed E-state index contributed by atoms with van der Waals surface area (Å²) in [6.45, 7) is 1.61. The van der Waals surface area contributed by atoms with Crippen molar-refractivity contribution in [1.29, 1.82) is 0 Å². The lowest BCUT2D eigenvalue weighted by atomic mass is 10.1. The SMILES string of the molecule is C[C@H](O)c1cccc(NC(=O)c2ccc(Cl)c([N+](=O)[O-])c2)c1. The van der Waals surface area contributed by atoms with Gasteiger partial charge in [0.15, 0.2) is 0 Å². The fraction of sp³-hybridized carbons (Fsp3) is 0.133. The van der Waals surface area contributed by atoms with Gasteiger partial charge in [0.05, 0.1) is 11.0 Å². The molecule has 2 N–H and O–H groups in total. The summed E-state index contributed by atoms with van der Waals surface area (Å²) < 4.78 is 0. The number of halogens is 1. The number of carbonyl (C=O) groups excluding carboxylic acids is 1. The lowest BCUT2D eigenvalue weighted by Gasteiger charge is -2.09. The van der Waals surface area contributed by atoms with E-state index in [4.69, 9.17) is 11.6 Å². The molecule has 0 aromatic heterocycles. The van der Waals surface area contributed by atoms with Crippen molar-refractivity contribution in [3.05, 3.63) is 68.7 Å². The van der Waals surface area contributed by atoms with Crippen molar-refractivity contribution < 1.29 is 14.8 Å². The molecule has 0 heterocycles. The highest BCUT2D eigenvalue weighted by molar-refractivity contribution is 6.32. The second-order valence-corrected chi connectivity index (χ2v) is 5.09. The number of nitrogens with one attached hydrogen (secondary N) is 1. The minimum Gasteiger partial charge on any atom is -0.389 e. The first-order valence-corrected chi connectivity index (χ1v) is 6.79. The average molecular weight is 321 g/mol. The molecule has 0 saturated heterocycles. The van der Waals surface area contributed by atoms with Crippen LogP contribution in [0.1, 0.15) is 28.9 Å². The van der Waals surface area contributed by atoms with Crippen LogP contribution in [-0.4, -0.2) is 15.9 Å². The Bertz CT molecular complexity index is 731. The molecule has 1 amide bonds. The number of nitro benzene ring substituents is 1. The molecule has 2 rings (SSSR count). The molecule has 0 aliphatic heterocycles. The van der Waals surface area contributed by atoms with E-state index in [0.29, 0.717) is 11.3 Å². The summed E-state index contributed by atoms with van der Waals surface area (Å²) >= 11 is 5.71. The van der Waals surface area contributed by atoms with Crippen LogP contribution in [0.5, 0.6) is 0 Å². The van der Waals surface area contributed by atoms with Gasteiger partial charge in [0.25, 0.3) is 11.6 Å². The maximum atomic E-state index is 12.1. The topological polar surface area (TPSA) is 92.5 Å². The number of benzene rings is 2. The number of hydrogen-bond acceptors (Lipinski definition) is 4. The largest absolute Gasteiger partial charge is 0.389 e. The van der Waals surface area contributed by atoms with E-state index in [1.165, 1.54) is 12.1 Å². The fourth-order valence-corrected chi connectivity index (χ4v) is 2.06. The molecule has 6 nitrogen and oxygen atoms in total. The molecule has 0 bridgehead atoms. The third-order valence-electron chi connectivity index (χ3n) is 3.03. The minimum atomic E-state index is -0.659. The monoisotopic (exact) mass is 320 g/mol. The van der Waals surface area contributed by atoms with E-state index in [1.54, 1.807) is 31.2 Å². The van der Waals surface area contributed by atoms with Crippen LogP contribution in [0.25, 0.3) is 0 Å². The highest BCUT2D eigenvalue weighted by Gasteiger charge is 2.16. The van der Waals surface area contributed by atoms with E-state index in [9.17, 15) is 20.0 Å². The number of carbonyl (C=O) groups is 1. The van der Waals surface area contributed by atoms with Gasteiger partial charge in [0, 0.05) is 17.3 Å². The van der Waals surface area contributed by atoms with E-state index in [0.717, 1.165) is 6.07 Å². The van der Waals surface area contributed by atoms with Crippen LogP contribution >= 0.6 is 11.6 Å². The normalized spacial score (nSPS) is 11.8. The number of nitrogens with zero attached hydrogens (tertiary/aromatic N) is 1. The maximum absolute atomic E-state index is 12.1. The number of hydrogen-bond donors (Lipinski definition) is 2. The highest BCUT2D eigenvalue weighted by atomic mass is 35.5. The van der Waals surface area contributed by atoms with Crippen molar-refractivity contribution >= 4 is 28.9 Å². The van der Waals surface area contributed by atoms with Gasteiger partial charge in [-0.15, -0.1) is 0 Å². The Morgan fingerprint density at radius 2 is 2.05 bits per heavy atom. The fourth-order valence-electron chi connectivity index (χ4n) is 1.87. The molecule has 0 spiro atoms. The molecule has 2 aromatic carbocycles. The summed E-state index contributed by atoms with van der Waals surface area (Å²) in [5.41, 5.74) is 0.937. The van der Waals surface area contributed by atoms with Gasteiger partial charge < -0.3 is 10.4 Å². The molecule has 0 unspecified atom stereocenters. The maximum Gasteiger partial charge on any atom is 0.288 e. The number of nitro groups is 1. The standard InChI is InChI=1S/C15H13ClN2O4/c1-9(19)10-3-2-4-12(7-10)17-15(20)11-5-6-13(16)14(8-11)18(21)22/h2-9,19H,1H3,(H,17,20)/t9-/m0/s1. The van der Waals surface area contributed by atoms with Crippen molar-refractivity contribution in [3.8, 4) is 0 Å². The summed E-state index contributed by atoms with van der Waals surface area (Å²) in [6, 6.07) is 10.6. The molecule has 114 valence electrons. The molecule has 0 saturated carbocycles. The third kappa shape index (κ3) is 3.60. The van der Waals surface area contributed by atoms with E-state index in [2.05, 4.69) is 5.32 Å². The van der Waals surface area contributed by atoms with Crippen LogP contribution < -0.4 is 5.32 Å². The van der Waals surface area contributed by atoms with Crippen LogP contribution in [0.15, 0.2) is 42.5 Å². The zero-order valence-corrected chi connectivity index (χ0v) is 12.4. The quantitative estimate of drug-likeness (QED) is 0.665. The molecule has 1 atom stereocenters. The second-order valence-electron chi connectivity index (χ2n) is 4.68. The Morgan fingerprint density at radius 1 is 1.32 bits per heavy atom. The van der Waals surface area contributed by atoms with Crippen molar-refractivity contribution in [2.75, 3.05) is 5.32 Å². The van der Waals surface area contributed by atoms with E-state index < -0.39 is 16.9 Å². The zero-order chi connectivity index (χ0) is 16.3. The van der Waals surface area contributed by atoms with Gasteiger partial charge in [-0.05, 0) is 36.8 Å². The first-order chi connectivity index (χ1) is 10.4. The first kappa shape index (κ1) is 15.9. The van der Waals surface area contributed by atoms with Crippen molar-refractivity contribution in [2.45, 2.75) is 13.0 Å². The first-order valence-electron chi connectivity index (χ1n) is 6.42. The van der Waals surface area contributed by atoms with Gasteiger partial charge >= 0.3 is 0 Å². The van der Waals surface area contributed by atoms with E-state index in [-0.39, 0.29) is 16.3 Å². The number of anilines is 1. The number of aliphatic hydroxyl groups is 1.